The molecule has 0 radical (unpaired) electrons. The molecule has 2 aromatic rings. The van der Waals surface area contributed by atoms with Gasteiger partial charge in [-0.1, -0.05) is 23.6 Å². The van der Waals surface area contributed by atoms with Gasteiger partial charge in [0.15, 0.2) is 11.5 Å². The molecule has 0 spiro atoms. The van der Waals surface area contributed by atoms with Crippen LogP contribution < -0.4 is 20.2 Å². The van der Waals surface area contributed by atoms with Crippen LogP contribution >= 0.6 is 27.5 Å². The van der Waals surface area contributed by atoms with Gasteiger partial charge in [0.25, 0.3) is 0 Å². The Hall–Kier alpha value is -3.02. The number of nitrogens with zero attached hydrogens (tertiary/aromatic N) is 1. The molecule has 0 aliphatic heterocycles. The summed E-state index contributed by atoms with van der Waals surface area (Å²) in [7, 11) is 1.50. The summed E-state index contributed by atoms with van der Waals surface area (Å²) in [5, 5.41) is 7.17. The van der Waals surface area contributed by atoms with Crippen LogP contribution in [-0.4, -0.2) is 31.7 Å². The van der Waals surface area contributed by atoms with Crippen LogP contribution in [0, 0.1) is 19.3 Å². The maximum Gasteiger partial charge on any atom is 0.240 e. The maximum absolute atomic E-state index is 12.0. The summed E-state index contributed by atoms with van der Waals surface area (Å²) in [6, 6.07) is 8.64. The highest BCUT2D eigenvalue weighted by molar-refractivity contribution is 9.10. The van der Waals surface area contributed by atoms with Gasteiger partial charge in [-0.25, -0.2) is 5.43 Å². The largest absolute Gasteiger partial charge is 0.493 e. The molecule has 2 aromatic carbocycles. The zero-order valence-corrected chi connectivity index (χ0v) is 19.3. The quantitative estimate of drug-likeness (QED) is 0.301. The van der Waals surface area contributed by atoms with Crippen molar-refractivity contribution in [2.24, 2.45) is 5.10 Å². The molecule has 7 nitrogen and oxygen atoms in total. The summed E-state index contributed by atoms with van der Waals surface area (Å²) in [5.74, 6) is 2.63. The fraction of sp³-hybridized carbons (Fsp3) is 0.227. The molecule has 2 N–H and O–H groups in total. The Balaban J connectivity index is 1.86. The minimum atomic E-state index is -0.395. The molecule has 2 rings (SSSR count). The molecule has 0 aromatic heterocycles. The van der Waals surface area contributed by atoms with Crippen molar-refractivity contribution in [3.63, 3.8) is 0 Å². The summed E-state index contributed by atoms with van der Waals surface area (Å²) in [6.07, 6.45) is 6.65. The minimum absolute atomic E-state index is 0.00738. The Morgan fingerprint density at radius 1 is 1.26 bits per heavy atom. The first-order valence-corrected chi connectivity index (χ1v) is 10.3. The molecule has 162 valence electrons. The highest BCUT2D eigenvalue weighted by atomic mass is 79.9. The number of rotatable bonds is 9. The summed E-state index contributed by atoms with van der Waals surface area (Å²) >= 11 is 9.43. The number of ether oxygens (including phenoxy) is 2. The first-order valence-electron chi connectivity index (χ1n) is 9.15. The van der Waals surface area contributed by atoms with Crippen molar-refractivity contribution in [1.29, 1.82) is 0 Å². The monoisotopic (exact) mass is 505 g/mol. The van der Waals surface area contributed by atoms with E-state index in [2.05, 4.69) is 37.7 Å². The lowest BCUT2D eigenvalue weighted by Gasteiger charge is -2.11. The second kappa shape index (κ2) is 12.0. The standard InChI is InChI=1S/C22H21BrClN3O4/c1-4-9-31-22-17(23)10-15(11-19(22)30-3)13-25-27-21(29)8-7-20(28)26-16-6-5-14(2)18(24)12-16/h1,5-6,10-13H,7-9H2,2-3H3,(H,26,28)(H,27,29). The van der Waals surface area contributed by atoms with Crippen LogP contribution in [0.5, 0.6) is 11.5 Å². The van der Waals surface area contributed by atoms with Gasteiger partial charge in [-0.05, 0) is 58.2 Å². The predicted octanol–water partition coefficient (Wildman–Crippen LogP) is 4.30. The first-order chi connectivity index (χ1) is 14.8. The van der Waals surface area contributed by atoms with E-state index in [1.807, 2.05) is 6.92 Å². The van der Waals surface area contributed by atoms with Gasteiger partial charge in [0.1, 0.15) is 6.61 Å². The van der Waals surface area contributed by atoms with Gasteiger partial charge in [-0.15, -0.1) is 6.42 Å². The Labute approximate surface area is 194 Å². The average molecular weight is 507 g/mol. The second-order valence-corrected chi connectivity index (χ2v) is 7.59. The molecule has 9 heteroatoms. The fourth-order valence-electron chi connectivity index (χ4n) is 2.42. The molecule has 0 unspecified atom stereocenters. The summed E-state index contributed by atoms with van der Waals surface area (Å²) in [6.45, 7) is 1.97. The van der Waals surface area contributed by atoms with Gasteiger partial charge in [-0.3, -0.25) is 9.59 Å². The molecule has 0 bridgehead atoms. The van der Waals surface area contributed by atoms with E-state index in [0.29, 0.717) is 32.2 Å². The number of amides is 2. The van der Waals surface area contributed by atoms with E-state index in [0.717, 1.165) is 5.56 Å². The minimum Gasteiger partial charge on any atom is -0.493 e. The van der Waals surface area contributed by atoms with Crippen molar-refractivity contribution in [2.75, 3.05) is 19.0 Å². The zero-order chi connectivity index (χ0) is 22.8. The van der Waals surface area contributed by atoms with Gasteiger partial charge in [0, 0.05) is 23.6 Å². The van der Waals surface area contributed by atoms with Crippen LogP contribution in [0.1, 0.15) is 24.0 Å². The molecule has 0 aliphatic carbocycles. The number of hydrogen-bond donors (Lipinski definition) is 2. The summed E-state index contributed by atoms with van der Waals surface area (Å²) in [5.41, 5.74) is 4.54. The SMILES string of the molecule is C#CCOc1c(Br)cc(C=NNC(=O)CCC(=O)Nc2ccc(C)c(Cl)c2)cc1OC. The number of hydrogen-bond acceptors (Lipinski definition) is 5. The van der Waals surface area contributed by atoms with Crippen LogP contribution in [0.2, 0.25) is 5.02 Å². The molecule has 0 saturated heterocycles. The molecule has 0 heterocycles. The second-order valence-electron chi connectivity index (χ2n) is 6.33. The number of methoxy groups -OCH3 is 1. The van der Waals surface area contributed by atoms with Crippen molar-refractivity contribution in [3.05, 3.63) is 51.0 Å². The van der Waals surface area contributed by atoms with E-state index >= 15 is 0 Å². The van der Waals surface area contributed by atoms with E-state index < -0.39 is 5.91 Å². The molecule has 0 atom stereocenters. The number of halogens is 2. The third-order valence-corrected chi connectivity index (χ3v) is 4.99. The first kappa shape index (κ1) is 24.3. The van der Waals surface area contributed by atoms with Gasteiger partial charge in [-0.2, -0.15) is 5.10 Å². The predicted molar refractivity (Wildman–Crippen MR) is 125 cm³/mol. The van der Waals surface area contributed by atoms with Crippen molar-refractivity contribution >= 4 is 51.2 Å². The lowest BCUT2D eigenvalue weighted by molar-refractivity contribution is -0.124. The lowest BCUT2D eigenvalue weighted by Crippen LogP contribution is -2.20. The smallest absolute Gasteiger partial charge is 0.240 e. The third kappa shape index (κ3) is 7.63. The number of nitrogens with one attached hydrogen (secondary N) is 2. The molecular weight excluding hydrogens is 486 g/mol. The average Bonchev–Trinajstić information content (AvgIpc) is 2.74. The number of aryl methyl sites for hydroxylation is 1. The molecule has 2 amide bonds. The summed E-state index contributed by atoms with van der Waals surface area (Å²) in [4.78, 5) is 24.0. The third-order valence-electron chi connectivity index (χ3n) is 3.99. The van der Waals surface area contributed by atoms with Gasteiger partial charge >= 0.3 is 0 Å². The Kier molecular flexibility index (Phi) is 9.38. The highest BCUT2D eigenvalue weighted by Crippen LogP contribution is 2.36. The number of carbonyl (C=O) groups is 2. The van der Waals surface area contributed by atoms with Crippen LogP contribution in [0.15, 0.2) is 39.9 Å². The van der Waals surface area contributed by atoms with E-state index in [-0.39, 0.29) is 25.4 Å². The van der Waals surface area contributed by atoms with Crippen molar-refractivity contribution < 1.29 is 19.1 Å². The van der Waals surface area contributed by atoms with E-state index in [1.54, 1.807) is 30.3 Å². The van der Waals surface area contributed by atoms with Crippen molar-refractivity contribution in [3.8, 4) is 23.8 Å². The Morgan fingerprint density at radius 2 is 2.00 bits per heavy atom. The van der Waals surface area contributed by atoms with E-state index in [1.165, 1.54) is 13.3 Å². The highest BCUT2D eigenvalue weighted by Gasteiger charge is 2.11. The maximum atomic E-state index is 12.0. The van der Waals surface area contributed by atoms with Gasteiger partial charge < -0.3 is 14.8 Å². The number of terminal acetylenes is 1. The van der Waals surface area contributed by atoms with Gasteiger partial charge in [0.05, 0.1) is 17.8 Å². The fourth-order valence-corrected chi connectivity index (χ4v) is 3.18. The van der Waals surface area contributed by atoms with Crippen LogP contribution in [0.3, 0.4) is 0 Å². The van der Waals surface area contributed by atoms with E-state index in [9.17, 15) is 9.59 Å². The molecular formula is C22H21BrClN3O4. The zero-order valence-electron chi connectivity index (χ0n) is 17.0. The molecule has 0 fully saturated rings. The van der Waals surface area contributed by atoms with Crippen LogP contribution in [0.25, 0.3) is 0 Å². The Morgan fingerprint density at radius 3 is 2.68 bits per heavy atom. The van der Waals surface area contributed by atoms with Crippen molar-refractivity contribution in [2.45, 2.75) is 19.8 Å². The molecule has 31 heavy (non-hydrogen) atoms. The number of benzene rings is 2. The number of hydrazone groups is 1. The van der Waals surface area contributed by atoms with Crippen LogP contribution in [0.4, 0.5) is 5.69 Å². The normalized spacial score (nSPS) is 10.4. The molecule has 0 saturated carbocycles. The lowest BCUT2D eigenvalue weighted by atomic mass is 10.2. The van der Waals surface area contributed by atoms with E-state index in [4.69, 9.17) is 27.5 Å². The topological polar surface area (TPSA) is 89.0 Å². The molecule has 0 aliphatic rings. The van der Waals surface area contributed by atoms with Crippen molar-refractivity contribution in [1.82, 2.24) is 5.43 Å². The Bertz CT molecular complexity index is 1030. The summed E-state index contributed by atoms with van der Waals surface area (Å²) < 4.78 is 11.4. The van der Waals surface area contributed by atoms with Gasteiger partial charge in [0.2, 0.25) is 11.8 Å². The number of anilines is 1. The van der Waals surface area contributed by atoms with Crippen LogP contribution in [-0.2, 0) is 9.59 Å². The number of carbonyl (C=O) groups excluding carboxylic acids is 2.